The van der Waals surface area contributed by atoms with Crippen molar-refractivity contribution in [1.29, 1.82) is 0 Å². The number of hydrogen-bond donors (Lipinski definition) is 2. The normalized spacial score (nSPS) is 18.0. The Morgan fingerprint density at radius 3 is 2.62 bits per heavy atom. The molecule has 1 aliphatic heterocycles. The zero-order chi connectivity index (χ0) is 15.5. The van der Waals surface area contributed by atoms with Gasteiger partial charge in [-0.05, 0) is 57.7 Å². The van der Waals surface area contributed by atoms with Gasteiger partial charge in [-0.25, -0.2) is 17.5 Å². The van der Waals surface area contributed by atoms with E-state index in [1.54, 1.807) is 13.1 Å². The fraction of sp³-hybridized carbons (Fsp3) is 0.571. The predicted molar refractivity (Wildman–Crippen MR) is 80.0 cm³/mol. The largest absolute Gasteiger partial charge is 0.316 e. The maximum atomic E-state index is 13.9. The van der Waals surface area contributed by atoms with Crippen molar-refractivity contribution in [2.24, 2.45) is 0 Å². The molecule has 1 aliphatic rings. The van der Waals surface area contributed by atoms with E-state index in [1.807, 2.05) is 7.05 Å². The first-order valence-electron chi connectivity index (χ1n) is 7.06. The van der Waals surface area contributed by atoms with Crippen LogP contribution in [0.25, 0.3) is 0 Å². The Bertz CT molecular complexity index is 584. The first-order chi connectivity index (χ1) is 9.92. The van der Waals surface area contributed by atoms with Crippen molar-refractivity contribution in [3.05, 3.63) is 29.6 Å². The molecule has 0 saturated carbocycles. The molecule has 0 amide bonds. The Morgan fingerprint density at radius 1 is 1.33 bits per heavy atom. The molecule has 1 fully saturated rings. The molecule has 7 heteroatoms. The standard InChI is InChI=1S/C14H22FN3O2S/c1-16-10-11-3-4-13(15)14(9-11)21(19,20)17-12-5-7-18(2)8-6-12/h3-4,9,12,16-17H,5-8,10H2,1-2H3. The van der Waals surface area contributed by atoms with Crippen LogP contribution in [-0.4, -0.2) is 46.5 Å². The van der Waals surface area contributed by atoms with E-state index < -0.39 is 15.8 Å². The molecule has 0 atom stereocenters. The summed E-state index contributed by atoms with van der Waals surface area (Å²) in [5, 5.41) is 2.93. The zero-order valence-electron chi connectivity index (χ0n) is 12.4. The third kappa shape index (κ3) is 4.23. The van der Waals surface area contributed by atoms with Crippen LogP contribution in [-0.2, 0) is 16.6 Å². The van der Waals surface area contributed by atoms with E-state index in [2.05, 4.69) is 14.9 Å². The summed E-state index contributed by atoms with van der Waals surface area (Å²) >= 11 is 0. The molecule has 2 N–H and O–H groups in total. The Morgan fingerprint density at radius 2 is 2.00 bits per heavy atom. The van der Waals surface area contributed by atoms with E-state index in [1.165, 1.54) is 12.1 Å². The van der Waals surface area contributed by atoms with Gasteiger partial charge in [-0.2, -0.15) is 0 Å². The highest BCUT2D eigenvalue weighted by Crippen LogP contribution is 2.19. The minimum Gasteiger partial charge on any atom is -0.316 e. The predicted octanol–water partition coefficient (Wildman–Crippen LogP) is 0.918. The Kier molecular flexibility index (Phi) is 5.32. The molecule has 118 valence electrons. The summed E-state index contributed by atoms with van der Waals surface area (Å²) in [7, 11) is -0.0564. The SMILES string of the molecule is CNCc1ccc(F)c(S(=O)(=O)NC2CCN(C)CC2)c1. The van der Waals surface area contributed by atoms with Crippen LogP contribution in [0.4, 0.5) is 4.39 Å². The van der Waals surface area contributed by atoms with Crippen LogP contribution >= 0.6 is 0 Å². The summed E-state index contributed by atoms with van der Waals surface area (Å²) in [6.07, 6.45) is 1.49. The zero-order valence-corrected chi connectivity index (χ0v) is 13.2. The lowest BCUT2D eigenvalue weighted by atomic mass is 10.1. The number of halogens is 1. The molecule has 5 nitrogen and oxygen atoms in total. The van der Waals surface area contributed by atoms with Crippen LogP contribution in [0.2, 0.25) is 0 Å². The van der Waals surface area contributed by atoms with Crippen LogP contribution < -0.4 is 10.0 Å². The summed E-state index contributed by atoms with van der Waals surface area (Å²) in [5.41, 5.74) is 0.739. The maximum Gasteiger partial charge on any atom is 0.243 e. The summed E-state index contributed by atoms with van der Waals surface area (Å²) in [6.45, 7) is 2.18. The average Bonchev–Trinajstić information content (AvgIpc) is 2.43. The van der Waals surface area contributed by atoms with Gasteiger partial charge in [0.15, 0.2) is 0 Å². The second-order valence-corrected chi connectivity index (χ2v) is 7.18. The molecule has 1 aromatic rings. The highest BCUT2D eigenvalue weighted by atomic mass is 32.2. The van der Waals surface area contributed by atoms with Crippen LogP contribution in [0.3, 0.4) is 0 Å². The van der Waals surface area contributed by atoms with Gasteiger partial charge in [-0.15, -0.1) is 0 Å². The molecule has 0 spiro atoms. The van der Waals surface area contributed by atoms with Gasteiger partial charge in [0.25, 0.3) is 0 Å². The molecule has 21 heavy (non-hydrogen) atoms. The van der Waals surface area contributed by atoms with E-state index in [0.29, 0.717) is 6.54 Å². The van der Waals surface area contributed by atoms with Crippen molar-refractivity contribution in [2.45, 2.75) is 30.3 Å². The molecule has 0 unspecified atom stereocenters. The first kappa shape index (κ1) is 16.4. The van der Waals surface area contributed by atoms with Crippen molar-refractivity contribution in [3.8, 4) is 0 Å². The molecule has 0 aliphatic carbocycles. The van der Waals surface area contributed by atoms with Crippen molar-refractivity contribution in [3.63, 3.8) is 0 Å². The molecular formula is C14H22FN3O2S. The minimum atomic E-state index is -3.82. The third-order valence-electron chi connectivity index (χ3n) is 3.71. The molecule has 0 bridgehead atoms. The van der Waals surface area contributed by atoms with Gasteiger partial charge < -0.3 is 10.2 Å². The lowest BCUT2D eigenvalue weighted by Gasteiger charge is -2.29. The second kappa shape index (κ2) is 6.83. The number of benzene rings is 1. The quantitative estimate of drug-likeness (QED) is 0.848. The molecule has 1 heterocycles. The van der Waals surface area contributed by atoms with Gasteiger partial charge in [0.1, 0.15) is 10.7 Å². The van der Waals surface area contributed by atoms with Crippen LogP contribution in [0.15, 0.2) is 23.1 Å². The van der Waals surface area contributed by atoms with Crippen LogP contribution in [0, 0.1) is 5.82 Å². The number of rotatable bonds is 5. The highest BCUT2D eigenvalue weighted by Gasteiger charge is 2.25. The van der Waals surface area contributed by atoms with Gasteiger partial charge in [0.05, 0.1) is 0 Å². The lowest BCUT2D eigenvalue weighted by molar-refractivity contribution is 0.248. The van der Waals surface area contributed by atoms with Crippen LogP contribution in [0.5, 0.6) is 0 Å². The van der Waals surface area contributed by atoms with E-state index in [-0.39, 0.29) is 10.9 Å². The van der Waals surface area contributed by atoms with Crippen LogP contribution in [0.1, 0.15) is 18.4 Å². The second-order valence-electron chi connectivity index (χ2n) is 5.49. The first-order valence-corrected chi connectivity index (χ1v) is 8.54. The molecule has 0 aromatic heterocycles. The maximum absolute atomic E-state index is 13.9. The number of piperidine rings is 1. The monoisotopic (exact) mass is 315 g/mol. The summed E-state index contributed by atoms with van der Waals surface area (Å²) < 4.78 is 41.2. The Hall–Kier alpha value is -1.02. The summed E-state index contributed by atoms with van der Waals surface area (Å²) in [5.74, 6) is -0.713. The number of likely N-dealkylation sites (tertiary alicyclic amines) is 1. The van der Waals surface area contributed by atoms with Gasteiger partial charge in [-0.1, -0.05) is 6.07 Å². The average molecular weight is 315 g/mol. The van der Waals surface area contributed by atoms with Gasteiger partial charge in [-0.3, -0.25) is 0 Å². The smallest absolute Gasteiger partial charge is 0.243 e. The summed E-state index contributed by atoms with van der Waals surface area (Å²) in [6, 6.07) is 4.05. The van der Waals surface area contributed by atoms with E-state index in [0.717, 1.165) is 31.5 Å². The summed E-state index contributed by atoms with van der Waals surface area (Å²) in [4.78, 5) is 1.88. The molecular weight excluding hydrogens is 293 g/mol. The van der Waals surface area contributed by atoms with E-state index in [9.17, 15) is 12.8 Å². The lowest BCUT2D eigenvalue weighted by Crippen LogP contribution is -2.43. The molecule has 0 radical (unpaired) electrons. The number of nitrogens with one attached hydrogen (secondary N) is 2. The Labute approximate surface area is 125 Å². The van der Waals surface area contributed by atoms with Crippen molar-refractivity contribution >= 4 is 10.0 Å². The third-order valence-corrected chi connectivity index (χ3v) is 5.24. The van der Waals surface area contributed by atoms with Crippen molar-refractivity contribution in [1.82, 2.24) is 14.9 Å². The fourth-order valence-electron chi connectivity index (χ4n) is 2.48. The molecule has 1 aromatic carbocycles. The number of sulfonamides is 1. The topological polar surface area (TPSA) is 61.4 Å². The van der Waals surface area contributed by atoms with E-state index in [4.69, 9.17) is 0 Å². The van der Waals surface area contributed by atoms with Crippen molar-refractivity contribution < 1.29 is 12.8 Å². The molecule has 1 saturated heterocycles. The Balaban J connectivity index is 2.17. The van der Waals surface area contributed by atoms with Crippen molar-refractivity contribution in [2.75, 3.05) is 27.2 Å². The molecule has 2 rings (SSSR count). The highest BCUT2D eigenvalue weighted by molar-refractivity contribution is 7.89. The minimum absolute atomic E-state index is 0.126. The number of hydrogen-bond acceptors (Lipinski definition) is 4. The van der Waals surface area contributed by atoms with Gasteiger partial charge >= 0.3 is 0 Å². The number of nitrogens with zero attached hydrogens (tertiary/aromatic N) is 1. The van der Waals surface area contributed by atoms with E-state index >= 15 is 0 Å². The fourth-order valence-corrected chi connectivity index (χ4v) is 3.91. The van der Waals surface area contributed by atoms with Gasteiger partial charge in [0, 0.05) is 12.6 Å². The van der Waals surface area contributed by atoms with Gasteiger partial charge in [0.2, 0.25) is 10.0 Å².